The van der Waals surface area contributed by atoms with E-state index in [1.807, 2.05) is 0 Å². The molecule has 0 aromatic rings. The van der Waals surface area contributed by atoms with Crippen LogP contribution < -0.4 is 0 Å². The summed E-state index contributed by atoms with van der Waals surface area (Å²) in [6.45, 7) is 16.3. The van der Waals surface area contributed by atoms with Gasteiger partial charge in [0.2, 0.25) is 0 Å². The number of fused-ring (bicyclic) bond motifs is 7. The van der Waals surface area contributed by atoms with Gasteiger partial charge in [0.05, 0.1) is 12.2 Å². The van der Waals surface area contributed by atoms with Crippen molar-refractivity contribution < 1.29 is 33.3 Å². The average molecular weight is 531 g/mol. The summed E-state index contributed by atoms with van der Waals surface area (Å²) in [7, 11) is 0. The Morgan fingerprint density at radius 2 is 1.42 bits per heavy atom. The molecule has 7 nitrogen and oxygen atoms in total. The van der Waals surface area contributed by atoms with Crippen LogP contribution in [0.3, 0.4) is 0 Å². The van der Waals surface area contributed by atoms with Crippen LogP contribution in [-0.2, 0) is 33.3 Å². The molecule has 0 aromatic carbocycles. The minimum Gasteiger partial charge on any atom is -0.462 e. The number of carbonyl (C=O) groups excluding carboxylic acids is 3. The lowest BCUT2D eigenvalue weighted by molar-refractivity contribution is -0.266. The molecule has 10 atom stereocenters. The van der Waals surface area contributed by atoms with Crippen molar-refractivity contribution >= 4 is 17.9 Å². The summed E-state index contributed by atoms with van der Waals surface area (Å²) in [5, 5.41) is 0. The number of ether oxygens (including phenoxy) is 4. The van der Waals surface area contributed by atoms with E-state index in [1.54, 1.807) is 6.26 Å². The summed E-state index contributed by atoms with van der Waals surface area (Å²) in [5.74, 6) is -0.397. The predicted molar refractivity (Wildman–Crippen MR) is 140 cm³/mol. The second-order valence-corrected chi connectivity index (χ2v) is 14.3. The third kappa shape index (κ3) is 3.92. The van der Waals surface area contributed by atoms with E-state index in [9.17, 15) is 14.4 Å². The van der Waals surface area contributed by atoms with Gasteiger partial charge < -0.3 is 18.9 Å². The molecule has 5 rings (SSSR count). The zero-order chi connectivity index (χ0) is 27.8. The van der Waals surface area contributed by atoms with Gasteiger partial charge >= 0.3 is 17.9 Å². The van der Waals surface area contributed by atoms with Crippen LogP contribution in [0.15, 0.2) is 11.8 Å². The molecule has 0 N–H and O–H groups in total. The van der Waals surface area contributed by atoms with Gasteiger partial charge in [0.25, 0.3) is 6.29 Å². The maximum Gasteiger partial charge on any atom is 0.305 e. The van der Waals surface area contributed by atoms with Crippen molar-refractivity contribution in [3.8, 4) is 0 Å². The van der Waals surface area contributed by atoms with Crippen molar-refractivity contribution in [2.75, 3.05) is 0 Å². The van der Waals surface area contributed by atoms with Gasteiger partial charge in [-0.3, -0.25) is 14.4 Å². The Morgan fingerprint density at radius 3 is 2.05 bits per heavy atom. The lowest BCUT2D eigenvalue weighted by atomic mass is 9.34. The first kappa shape index (κ1) is 27.5. The van der Waals surface area contributed by atoms with Crippen LogP contribution in [0.4, 0.5) is 0 Å². The van der Waals surface area contributed by atoms with Crippen LogP contribution in [0, 0.1) is 45.3 Å². The van der Waals surface area contributed by atoms with Crippen molar-refractivity contribution in [3.63, 3.8) is 0 Å². The van der Waals surface area contributed by atoms with Gasteiger partial charge in [-0.15, -0.1) is 0 Å². The van der Waals surface area contributed by atoms with Crippen LogP contribution >= 0.6 is 0 Å². The van der Waals surface area contributed by atoms with E-state index >= 15 is 0 Å². The summed E-state index contributed by atoms with van der Waals surface area (Å²) in [5.41, 5.74) is 0.612. The summed E-state index contributed by atoms with van der Waals surface area (Å²) < 4.78 is 23.8. The SMILES string of the molecule is CC(=O)O[C@H]1OC=C2[C@@H](OC(C)=O)C[C@@H]3[C@]4(C)CC[C@H]5C(C)(C)CCC[C@]5(C)[C@@H]4C[C@@H](OC(C)=O)[C@]3(C)[C@@H]21. The van der Waals surface area contributed by atoms with Crippen LogP contribution in [0.5, 0.6) is 0 Å². The van der Waals surface area contributed by atoms with E-state index < -0.39 is 23.8 Å². The van der Waals surface area contributed by atoms with E-state index in [-0.39, 0.29) is 46.1 Å². The molecule has 0 aromatic heterocycles. The Labute approximate surface area is 227 Å². The standard InChI is InChI=1S/C31H46O7/c1-17(32)36-21-14-24-30(7)13-10-22-28(4,5)11-9-12-29(22,6)23(30)15-25(37-18(2)33)31(24,8)26-20(21)16-35-27(26)38-19(3)34/h16,21-27H,9-15H2,1-8H3/t21-,22-,23-,24+,25+,26-,27+,29-,30+,31+/m0/s1. The molecule has 0 unspecified atom stereocenters. The highest BCUT2D eigenvalue weighted by Gasteiger charge is 2.72. The molecule has 0 saturated heterocycles. The summed E-state index contributed by atoms with van der Waals surface area (Å²) >= 11 is 0. The van der Waals surface area contributed by atoms with Crippen molar-refractivity contribution in [2.24, 2.45) is 45.3 Å². The first-order valence-electron chi connectivity index (χ1n) is 14.5. The van der Waals surface area contributed by atoms with Crippen LogP contribution in [-0.4, -0.2) is 36.4 Å². The summed E-state index contributed by atoms with van der Waals surface area (Å²) in [6, 6.07) is 0. The van der Waals surface area contributed by atoms with Crippen molar-refractivity contribution in [1.82, 2.24) is 0 Å². The monoisotopic (exact) mass is 530 g/mol. The number of esters is 3. The maximum absolute atomic E-state index is 12.6. The maximum atomic E-state index is 12.6. The van der Waals surface area contributed by atoms with Gasteiger partial charge in [0, 0.05) is 31.8 Å². The molecule has 0 radical (unpaired) electrons. The number of hydrogen-bond donors (Lipinski definition) is 0. The van der Waals surface area contributed by atoms with Crippen LogP contribution in [0.25, 0.3) is 0 Å². The molecular formula is C31H46O7. The van der Waals surface area contributed by atoms with Gasteiger partial charge in [0.1, 0.15) is 12.2 Å². The van der Waals surface area contributed by atoms with Gasteiger partial charge in [0.15, 0.2) is 0 Å². The molecule has 1 heterocycles. The van der Waals surface area contributed by atoms with E-state index in [1.165, 1.54) is 40.0 Å². The minimum atomic E-state index is -0.841. The van der Waals surface area contributed by atoms with Crippen molar-refractivity contribution in [2.45, 2.75) is 119 Å². The van der Waals surface area contributed by atoms with Crippen LogP contribution in [0.2, 0.25) is 0 Å². The molecule has 0 amide bonds. The Bertz CT molecular complexity index is 1050. The number of rotatable bonds is 3. The van der Waals surface area contributed by atoms with E-state index in [0.717, 1.165) is 24.8 Å². The molecule has 212 valence electrons. The third-order valence-corrected chi connectivity index (χ3v) is 11.9. The van der Waals surface area contributed by atoms with Crippen molar-refractivity contribution in [1.29, 1.82) is 0 Å². The first-order chi connectivity index (χ1) is 17.6. The number of hydrogen-bond acceptors (Lipinski definition) is 7. The molecule has 4 aliphatic carbocycles. The molecule has 7 heteroatoms. The summed E-state index contributed by atoms with van der Waals surface area (Å²) in [6.07, 6.45) is 7.25. The van der Waals surface area contributed by atoms with E-state index in [2.05, 4.69) is 34.6 Å². The molecule has 0 bridgehead atoms. The molecule has 0 spiro atoms. The Morgan fingerprint density at radius 1 is 0.789 bits per heavy atom. The fourth-order valence-corrected chi connectivity index (χ4v) is 10.7. The normalized spacial score (nSPS) is 46.6. The Kier molecular flexibility index (Phi) is 6.51. The second kappa shape index (κ2) is 8.99. The van der Waals surface area contributed by atoms with Gasteiger partial charge in [-0.2, -0.15) is 0 Å². The Balaban J connectivity index is 1.65. The van der Waals surface area contributed by atoms with Gasteiger partial charge in [-0.25, -0.2) is 0 Å². The molecular weight excluding hydrogens is 484 g/mol. The minimum absolute atomic E-state index is 0.0582. The Hall–Kier alpha value is -2.05. The zero-order valence-electron chi connectivity index (χ0n) is 24.4. The van der Waals surface area contributed by atoms with E-state index in [0.29, 0.717) is 18.3 Å². The number of carbonyl (C=O) groups is 3. The molecule has 5 aliphatic rings. The molecule has 4 saturated carbocycles. The topological polar surface area (TPSA) is 88.1 Å². The zero-order valence-corrected chi connectivity index (χ0v) is 24.4. The quantitative estimate of drug-likeness (QED) is 0.329. The second-order valence-electron chi connectivity index (χ2n) is 14.3. The highest BCUT2D eigenvalue weighted by Crippen LogP contribution is 2.74. The predicted octanol–water partition coefficient (Wildman–Crippen LogP) is 5.95. The smallest absolute Gasteiger partial charge is 0.305 e. The lowest BCUT2D eigenvalue weighted by Gasteiger charge is -2.71. The van der Waals surface area contributed by atoms with Gasteiger partial charge in [-0.1, -0.05) is 41.0 Å². The summed E-state index contributed by atoms with van der Waals surface area (Å²) in [4.78, 5) is 36.9. The molecule has 1 aliphatic heterocycles. The third-order valence-electron chi connectivity index (χ3n) is 11.9. The largest absolute Gasteiger partial charge is 0.462 e. The molecule has 38 heavy (non-hydrogen) atoms. The van der Waals surface area contributed by atoms with Crippen LogP contribution in [0.1, 0.15) is 100 Å². The van der Waals surface area contributed by atoms with Crippen molar-refractivity contribution in [3.05, 3.63) is 11.8 Å². The fourth-order valence-electron chi connectivity index (χ4n) is 10.7. The highest BCUT2D eigenvalue weighted by molar-refractivity contribution is 5.67. The average Bonchev–Trinajstić information content (AvgIpc) is 3.19. The van der Waals surface area contributed by atoms with Gasteiger partial charge in [-0.05, 0) is 72.5 Å². The van der Waals surface area contributed by atoms with E-state index in [4.69, 9.17) is 18.9 Å². The lowest BCUT2D eigenvalue weighted by Crippen LogP contribution is -2.69. The first-order valence-corrected chi connectivity index (χ1v) is 14.5. The highest BCUT2D eigenvalue weighted by atomic mass is 16.7. The fraction of sp³-hybridized carbons (Fsp3) is 0.839. The molecule has 4 fully saturated rings.